The molecule has 12 heteroatoms. The summed E-state index contributed by atoms with van der Waals surface area (Å²) in [6, 6.07) is 8.79. The van der Waals surface area contributed by atoms with Crippen LogP contribution in [0.4, 0.5) is 4.39 Å². The number of aromatic nitrogens is 1. The first-order valence-corrected chi connectivity index (χ1v) is 19.7. The van der Waals surface area contributed by atoms with E-state index in [1.165, 1.54) is 0 Å². The highest BCUT2D eigenvalue weighted by Gasteiger charge is 2.69. The maximum atomic E-state index is 15.4. The van der Waals surface area contributed by atoms with Crippen LogP contribution in [0.1, 0.15) is 82.0 Å². The second kappa shape index (κ2) is 11.9. The Hall–Kier alpha value is -3.45. The summed E-state index contributed by atoms with van der Waals surface area (Å²) in [6.07, 6.45) is 0.849. The number of carbonyl (C=O) groups is 3. The molecule has 1 saturated carbocycles. The zero-order valence-electron chi connectivity index (χ0n) is 28.4. The number of rotatable bonds is 7. The molecular formula is C36H40BrFN2O7Si. The molecule has 254 valence electrons. The zero-order valence-corrected chi connectivity index (χ0v) is 31.0. The molecular weight excluding hydrogens is 699 g/mol. The first-order valence-electron chi connectivity index (χ1n) is 16.0. The van der Waals surface area contributed by atoms with E-state index in [9.17, 15) is 9.90 Å². The van der Waals surface area contributed by atoms with Crippen LogP contribution in [0.15, 0.2) is 44.9 Å². The average Bonchev–Trinajstić information content (AvgIpc) is 3.43. The van der Waals surface area contributed by atoms with Crippen LogP contribution in [-0.2, 0) is 22.2 Å². The summed E-state index contributed by atoms with van der Waals surface area (Å²) in [5.74, 6) is -3.40. The Bertz CT molecular complexity index is 1880. The van der Waals surface area contributed by atoms with Crippen molar-refractivity contribution in [3.8, 4) is 5.88 Å². The van der Waals surface area contributed by atoms with E-state index < -0.39 is 54.2 Å². The molecule has 4 atom stereocenters. The van der Waals surface area contributed by atoms with Crippen LogP contribution in [0.5, 0.6) is 5.88 Å². The molecule has 0 bridgehead atoms. The summed E-state index contributed by atoms with van der Waals surface area (Å²) in [4.78, 5) is 44.4. The maximum absolute atomic E-state index is 15.4. The largest absolute Gasteiger partial charge is 0.507 e. The summed E-state index contributed by atoms with van der Waals surface area (Å²) in [6.45, 7) is 11.7. The number of nitrogens with zero attached hydrogens (tertiary/aromatic N) is 2. The number of carbonyl (C=O) groups excluding carboxylic acids is 3. The molecule has 3 aromatic rings. The number of fused-ring (bicyclic) bond motifs is 4. The zero-order chi connectivity index (χ0) is 35.1. The number of aliphatic hydroxyl groups is 1. The number of halogens is 2. The third kappa shape index (κ3) is 4.97. The minimum absolute atomic E-state index is 0.0321. The molecule has 9 nitrogen and oxygen atoms in total. The molecule has 0 spiro atoms. The van der Waals surface area contributed by atoms with Gasteiger partial charge in [0.1, 0.15) is 23.7 Å². The van der Waals surface area contributed by atoms with Gasteiger partial charge in [0.2, 0.25) is 11.6 Å². The van der Waals surface area contributed by atoms with Crippen molar-refractivity contribution in [2.75, 3.05) is 14.1 Å². The molecule has 1 aromatic heterocycles. The molecule has 2 aromatic carbocycles. The van der Waals surface area contributed by atoms with Crippen molar-refractivity contribution in [2.24, 2.45) is 11.8 Å². The third-order valence-electron chi connectivity index (χ3n) is 10.8. The van der Waals surface area contributed by atoms with E-state index in [2.05, 4.69) is 21.1 Å². The van der Waals surface area contributed by atoms with Crippen molar-refractivity contribution >= 4 is 47.9 Å². The van der Waals surface area contributed by atoms with Crippen molar-refractivity contribution in [1.82, 2.24) is 10.1 Å². The number of hydrogen-bond donors (Lipinski definition) is 1. The fourth-order valence-electron chi connectivity index (χ4n) is 7.38. The Labute approximate surface area is 288 Å². The van der Waals surface area contributed by atoms with E-state index in [1.54, 1.807) is 6.92 Å². The van der Waals surface area contributed by atoms with Gasteiger partial charge in [0, 0.05) is 17.1 Å². The lowest BCUT2D eigenvalue weighted by Crippen LogP contribution is -2.68. The number of Topliss-reactive ketones (excluding diaryl/α,β-unsaturated/α-hetero) is 2. The molecule has 0 aliphatic heterocycles. The molecule has 1 N–H and O–H groups in total. The lowest BCUT2D eigenvalue weighted by atomic mass is 9.57. The van der Waals surface area contributed by atoms with Gasteiger partial charge in [-0.05, 0) is 95.7 Å². The molecule has 3 aliphatic rings. The molecule has 6 rings (SSSR count). The fourth-order valence-corrected chi connectivity index (χ4v) is 9.40. The summed E-state index contributed by atoms with van der Waals surface area (Å²) in [5, 5.41) is 15.8. The van der Waals surface area contributed by atoms with Crippen LogP contribution < -0.4 is 4.74 Å². The normalized spacial score (nSPS) is 23.9. The van der Waals surface area contributed by atoms with Gasteiger partial charge in [0.05, 0.1) is 16.1 Å². The Balaban J connectivity index is 1.60. The maximum Gasteiger partial charge on any atom is 0.265 e. The topological polar surface area (TPSA) is 119 Å². The van der Waals surface area contributed by atoms with E-state index in [1.807, 2.05) is 83.2 Å². The summed E-state index contributed by atoms with van der Waals surface area (Å²) in [5.41, 5.74) is -0.402. The highest BCUT2D eigenvalue weighted by molar-refractivity contribution is 9.10. The molecule has 0 radical (unpaired) electrons. The number of aldehydes is 1. The molecule has 0 amide bonds. The number of aliphatic hydroxyl groups excluding tert-OH is 1. The van der Waals surface area contributed by atoms with Crippen LogP contribution in [0.3, 0.4) is 0 Å². The summed E-state index contributed by atoms with van der Waals surface area (Å²) < 4.78 is 34.5. The van der Waals surface area contributed by atoms with Crippen LogP contribution in [0, 0.1) is 24.6 Å². The quantitative estimate of drug-likeness (QED) is 0.149. The number of benzene rings is 2. The Morgan fingerprint density at radius 2 is 1.83 bits per heavy atom. The minimum Gasteiger partial charge on any atom is -0.507 e. The molecule has 48 heavy (non-hydrogen) atoms. The van der Waals surface area contributed by atoms with Crippen molar-refractivity contribution in [3.05, 3.63) is 85.3 Å². The van der Waals surface area contributed by atoms with Crippen molar-refractivity contribution in [3.63, 3.8) is 0 Å². The number of ketones is 2. The minimum atomic E-state index is -2.90. The Kier molecular flexibility index (Phi) is 8.50. The second-order valence-electron chi connectivity index (χ2n) is 14.8. The molecule has 0 unspecified atom stereocenters. The van der Waals surface area contributed by atoms with Crippen LogP contribution in [0.2, 0.25) is 18.1 Å². The van der Waals surface area contributed by atoms with Crippen molar-refractivity contribution in [2.45, 2.75) is 76.9 Å². The Morgan fingerprint density at radius 3 is 2.44 bits per heavy atom. The van der Waals surface area contributed by atoms with Gasteiger partial charge in [-0.25, -0.2) is 4.39 Å². The van der Waals surface area contributed by atoms with E-state index >= 15 is 14.0 Å². The van der Waals surface area contributed by atoms with Crippen LogP contribution in [-0.4, -0.2) is 61.0 Å². The predicted octanol–water partition coefficient (Wildman–Crippen LogP) is 7.57. The van der Waals surface area contributed by atoms with E-state index in [-0.39, 0.29) is 69.1 Å². The van der Waals surface area contributed by atoms with Gasteiger partial charge in [-0.3, -0.25) is 19.3 Å². The van der Waals surface area contributed by atoms with Gasteiger partial charge >= 0.3 is 0 Å². The Morgan fingerprint density at radius 1 is 1.17 bits per heavy atom. The van der Waals surface area contributed by atoms with Gasteiger partial charge in [0.25, 0.3) is 5.88 Å². The summed E-state index contributed by atoms with van der Waals surface area (Å²) >= 11 is 3.32. The molecule has 0 saturated heterocycles. The highest BCUT2D eigenvalue weighted by atomic mass is 79.9. The van der Waals surface area contributed by atoms with Crippen molar-refractivity contribution in [1.29, 1.82) is 0 Å². The number of hydrogen-bond acceptors (Lipinski definition) is 9. The van der Waals surface area contributed by atoms with Gasteiger partial charge in [-0.15, -0.1) is 0 Å². The van der Waals surface area contributed by atoms with Gasteiger partial charge in [-0.2, -0.15) is 0 Å². The monoisotopic (exact) mass is 738 g/mol. The lowest BCUT2D eigenvalue weighted by Gasteiger charge is -2.55. The first kappa shape index (κ1) is 34.4. The average molecular weight is 740 g/mol. The van der Waals surface area contributed by atoms with Crippen molar-refractivity contribution < 1.29 is 37.6 Å². The van der Waals surface area contributed by atoms with Crippen LogP contribution in [0.25, 0.3) is 5.76 Å². The van der Waals surface area contributed by atoms with Gasteiger partial charge in [0.15, 0.2) is 26.0 Å². The smallest absolute Gasteiger partial charge is 0.265 e. The third-order valence-corrected chi connectivity index (χ3v) is 16.1. The standard InChI is InChI=1S/C36H40BrFN2O7Si/c1-18-22(16-41)28(38)27(37)21-14-20-15-23-29(40(5)6)31-26(34(39-46-31)45-17-19-12-10-9-11-13-19)33(44)36(23,47-48(7,8)35(2,3)4)32(43)25(20)30(42)24(18)21/h9-13,16,20,23,29,42H,14-15,17H2,1-8H3/t20-,23-,29-,36-/m0/s1. The van der Waals surface area contributed by atoms with E-state index in [4.69, 9.17) is 13.7 Å². The highest BCUT2D eigenvalue weighted by Crippen LogP contribution is 2.59. The molecule has 3 aliphatic carbocycles. The first-order chi connectivity index (χ1) is 22.5. The van der Waals surface area contributed by atoms with Gasteiger partial charge in [-0.1, -0.05) is 51.1 Å². The van der Waals surface area contributed by atoms with Crippen LogP contribution >= 0.6 is 15.9 Å². The lowest BCUT2D eigenvalue weighted by molar-refractivity contribution is -0.140. The number of ether oxygens (including phenoxy) is 1. The summed E-state index contributed by atoms with van der Waals surface area (Å²) in [7, 11) is 0.784. The predicted molar refractivity (Wildman–Crippen MR) is 183 cm³/mol. The van der Waals surface area contributed by atoms with E-state index in [0.717, 1.165) is 5.56 Å². The molecule has 1 fully saturated rings. The second-order valence-corrected chi connectivity index (χ2v) is 20.3. The molecule has 1 heterocycles. The SMILES string of the molecule is Cc1c(C=O)c(F)c(Br)c2c1C(O)=C1C(=O)[C@]3(O[Si](C)(C)C(C)(C)C)C(=O)c4c(OCc5ccccc5)noc4[C@@H](N(C)C)[C@@H]3C[C@@H]1C2. The van der Waals surface area contributed by atoms with Gasteiger partial charge < -0.3 is 18.8 Å². The fraction of sp³-hybridized carbons (Fsp3) is 0.444. The van der Waals surface area contributed by atoms with E-state index in [0.29, 0.717) is 11.8 Å².